The number of rotatable bonds is 9. The fraction of sp³-hybridized carbons (Fsp3) is 0.111. The summed E-state index contributed by atoms with van der Waals surface area (Å²) in [6.45, 7) is 3.97. The second-order valence-corrected chi connectivity index (χ2v) is 7.92. The molecule has 0 saturated carbocycles. The van der Waals surface area contributed by atoms with Gasteiger partial charge in [0.15, 0.2) is 6.04 Å². The first kappa shape index (κ1) is 25.0. The maximum absolute atomic E-state index is 13.4. The SMILES string of the molecule is C=C(NNC(=O)[C@@H](NC(=O)c1ccccc1)c1n[nH]c(=O)c2ccccc12)c1ccc(OC)cc1OC. The van der Waals surface area contributed by atoms with Gasteiger partial charge in [-0.3, -0.25) is 25.2 Å². The van der Waals surface area contributed by atoms with Crippen LogP contribution in [0.4, 0.5) is 0 Å². The molecule has 4 aromatic rings. The lowest BCUT2D eigenvalue weighted by molar-refractivity contribution is -0.123. The summed E-state index contributed by atoms with van der Waals surface area (Å²) < 4.78 is 10.6. The van der Waals surface area contributed by atoms with E-state index in [2.05, 4.69) is 32.9 Å². The molecule has 0 aliphatic carbocycles. The van der Waals surface area contributed by atoms with Crippen LogP contribution < -0.4 is 31.2 Å². The van der Waals surface area contributed by atoms with Crippen LogP contribution >= 0.6 is 0 Å². The van der Waals surface area contributed by atoms with E-state index in [-0.39, 0.29) is 5.69 Å². The Morgan fingerprint density at radius 3 is 2.32 bits per heavy atom. The predicted octanol–water partition coefficient (Wildman–Crippen LogP) is 2.70. The van der Waals surface area contributed by atoms with Gasteiger partial charge in [0, 0.05) is 22.6 Å². The summed E-state index contributed by atoms with van der Waals surface area (Å²) in [5.41, 5.74) is 6.38. The molecular weight excluding hydrogens is 474 g/mol. The third-order valence-corrected chi connectivity index (χ3v) is 5.64. The van der Waals surface area contributed by atoms with Gasteiger partial charge in [0.1, 0.15) is 17.2 Å². The lowest BCUT2D eigenvalue weighted by atomic mass is 10.0. The topological polar surface area (TPSA) is 134 Å². The standard InChI is InChI=1S/C27H25N5O5/c1-16(19-14-13-18(36-2)15-22(19)37-3)29-32-27(35)24(28-25(33)17-9-5-4-6-10-17)23-20-11-7-8-12-21(20)26(34)31-30-23/h4-15,24,29H,1H2,2-3H3,(H,28,33)(H,31,34)(H,32,35)/t24-/m0/s1. The zero-order valence-corrected chi connectivity index (χ0v) is 20.2. The molecule has 10 nitrogen and oxygen atoms in total. The van der Waals surface area contributed by atoms with Crippen LogP contribution in [0, 0.1) is 0 Å². The molecule has 3 aromatic carbocycles. The Hall–Kier alpha value is -5.12. The molecule has 0 fully saturated rings. The first-order valence-electron chi connectivity index (χ1n) is 11.2. The van der Waals surface area contributed by atoms with Crippen molar-refractivity contribution in [3.8, 4) is 11.5 Å². The highest BCUT2D eigenvalue weighted by molar-refractivity contribution is 5.99. The number of carbonyl (C=O) groups excluding carboxylic acids is 2. The molecule has 0 aliphatic rings. The van der Waals surface area contributed by atoms with E-state index in [1.165, 1.54) is 7.11 Å². The Bertz CT molecular complexity index is 1520. The van der Waals surface area contributed by atoms with E-state index >= 15 is 0 Å². The van der Waals surface area contributed by atoms with E-state index in [9.17, 15) is 14.4 Å². The number of hydrazine groups is 1. The molecule has 2 amide bonds. The second kappa shape index (κ2) is 11.1. The number of hydrogen-bond donors (Lipinski definition) is 4. The number of hydrogen-bond acceptors (Lipinski definition) is 7. The zero-order chi connectivity index (χ0) is 26.4. The van der Waals surface area contributed by atoms with Crippen LogP contribution in [0.25, 0.3) is 16.5 Å². The molecule has 0 aliphatic heterocycles. The number of ether oxygens (including phenoxy) is 2. The van der Waals surface area contributed by atoms with E-state index in [1.807, 2.05) is 0 Å². The number of amides is 2. The van der Waals surface area contributed by atoms with Crippen molar-refractivity contribution in [1.29, 1.82) is 0 Å². The van der Waals surface area contributed by atoms with Gasteiger partial charge >= 0.3 is 0 Å². The molecule has 1 aromatic heterocycles. The summed E-state index contributed by atoms with van der Waals surface area (Å²) in [6, 6.07) is 19.0. The van der Waals surface area contributed by atoms with Crippen LogP contribution in [-0.4, -0.2) is 36.2 Å². The summed E-state index contributed by atoms with van der Waals surface area (Å²) in [5.74, 6) is -0.0541. The van der Waals surface area contributed by atoms with Crippen LogP contribution in [0.3, 0.4) is 0 Å². The van der Waals surface area contributed by atoms with Crippen molar-refractivity contribution in [2.24, 2.45) is 0 Å². The van der Waals surface area contributed by atoms with Crippen LogP contribution in [0.15, 0.2) is 84.2 Å². The van der Waals surface area contributed by atoms with Gasteiger partial charge in [-0.2, -0.15) is 5.10 Å². The third kappa shape index (κ3) is 5.43. The maximum Gasteiger partial charge on any atom is 0.272 e. The Labute approximate surface area is 212 Å². The third-order valence-electron chi connectivity index (χ3n) is 5.64. The van der Waals surface area contributed by atoms with E-state index in [0.717, 1.165) is 0 Å². The molecule has 0 radical (unpaired) electrons. The Balaban J connectivity index is 1.63. The molecule has 1 heterocycles. The van der Waals surface area contributed by atoms with Gasteiger partial charge in [-0.1, -0.05) is 43.0 Å². The van der Waals surface area contributed by atoms with Crippen LogP contribution in [0.1, 0.15) is 27.7 Å². The average Bonchev–Trinajstić information content (AvgIpc) is 2.95. The normalized spacial score (nSPS) is 11.3. The van der Waals surface area contributed by atoms with Crippen molar-refractivity contribution in [2.75, 3.05) is 14.2 Å². The number of H-pyrrole nitrogens is 1. The van der Waals surface area contributed by atoms with E-state index < -0.39 is 23.4 Å². The minimum Gasteiger partial charge on any atom is -0.497 e. The first-order valence-corrected chi connectivity index (χ1v) is 11.2. The van der Waals surface area contributed by atoms with Gasteiger partial charge < -0.3 is 14.8 Å². The summed E-state index contributed by atoms with van der Waals surface area (Å²) >= 11 is 0. The molecule has 4 N–H and O–H groups in total. The van der Waals surface area contributed by atoms with Gasteiger partial charge in [-0.15, -0.1) is 0 Å². The Kier molecular flexibility index (Phi) is 7.48. The van der Waals surface area contributed by atoms with Crippen LogP contribution in [0.5, 0.6) is 11.5 Å². The number of nitrogens with zero attached hydrogens (tertiary/aromatic N) is 1. The molecule has 0 unspecified atom stereocenters. The molecule has 188 valence electrons. The van der Waals surface area contributed by atoms with Crippen molar-refractivity contribution in [2.45, 2.75) is 6.04 Å². The maximum atomic E-state index is 13.4. The fourth-order valence-electron chi connectivity index (χ4n) is 3.74. The molecule has 10 heteroatoms. The van der Waals surface area contributed by atoms with Crippen molar-refractivity contribution >= 4 is 28.3 Å². The summed E-state index contributed by atoms with van der Waals surface area (Å²) in [7, 11) is 3.05. The summed E-state index contributed by atoms with van der Waals surface area (Å²) in [6.07, 6.45) is 0. The van der Waals surface area contributed by atoms with E-state index in [1.54, 1.807) is 79.9 Å². The highest BCUT2D eigenvalue weighted by Gasteiger charge is 2.27. The van der Waals surface area contributed by atoms with Crippen molar-refractivity contribution in [3.05, 3.63) is 107 Å². The molecule has 1 atom stereocenters. The molecule has 0 saturated heterocycles. The smallest absolute Gasteiger partial charge is 0.272 e. The number of carbonyl (C=O) groups is 2. The highest BCUT2D eigenvalue weighted by atomic mass is 16.5. The number of nitrogens with one attached hydrogen (secondary N) is 4. The fourth-order valence-corrected chi connectivity index (χ4v) is 3.74. The Morgan fingerprint density at radius 2 is 1.62 bits per heavy atom. The minimum absolute atomic E-state index is 0.173. The molecule has 4 rings (SSSR count). The molecule has 0 bridgehead atoms. The van der Waals surface area contributed by atoms with Crippen molar-refractivity contribution < 1.29 is 19.1 Å². The van der Waals surface area contributed by atoms with Crippen molar-refractivity contribution in [3.63, 3.8) is 0 Å². The van der Waals surface area contributed by atoms with Gasteiger partial charge in [0.25, 0.3) is 17.4 Å². The lowest BCUT2D eigenvalue weighted by Gasteiger charge is -2.21. The van der Waals surface area contributed by atoms with Crippen LogP contribution in [-0.2, 0) is 4.79 Å². The van der Waals surface area contributed by atoms with Crippen LogP contribution in [0.2, 0.25) is 0 Å². The molecule has 0 spiro atoms. The van der Waals surface area contributed by atoms with E-state index in [0.29, 0.717) is 39.1 Å². The average molecular weight is 500 g/mol. The van der Waals surface area contributed by atoms with Gasteiger partial charge in [-0.05, 0) is 30.3 Å². The number of methoxy groups -OCH3 is 2. The highest BCUT2D eigenvalue weighted by Crippen LogP contribution is 2.28. The Morgan fingerprint density at radius 1 is 0.919 bits per heavy atom. The molecule has 37 heavy (non-hydrogen) atoms. The number of aromatic amines is 1. The largest absolute Gasteiger partial charge is 0.497 e. The quantitative estimate of drug-likeness (QED) is 0.260. The van der Waals surface area contributed by atoms with E-state index in [4.69, 9.17) is 9.47 Å². The number of fused-ring (bicyclic) bond motifs is 1. The summed E-state index contributed by atoms with van der Waals surface area (Å²) in [4.78, 5) is 38.7. The lowest BCUT2D eigenvalue weighted by Crippen LogP contribution is -2.46. The van der Waals surface area contributed by atoms with Gasteiger partial charge in [0.05, 0.1) is 25.3 Å². The first-order chi connectivity index (χ1) is 17.9. The van der Waals surface area contributed by atoms with Crippen molar-refractivity contribution in [1.82, 2.24) is 26.4 Å². The number of aromatic nitrogens is 2. The van der Waals surface area contributed by atoms with Gasteiger partial charge in [0.2, 0.25) is 0 Å². The predicted molar refractivity (Wildman–Crippen MR) is 139 cm³/mol. The summed E-state index contributed by atoms with van der Waals surface area (Å²) in [5, 5.41) is 9.99. The minimum atomic E-state index is -1.26. The number of benzene rings is 3. The van der Waals surface area contributed by atoms with Gasteiger partial charge in [-0.25, -0.2) is 5.10 Å². The molecular formula is C27H25N5O5. The second-order valence-electron chi connectivity index (χ2n) is 7.92. The zero-order valence-electron chi connectivity index (χ0n) is 20.2. The monoisotopic (exact) mass is 499 g/mol.